The SMILES string of the molecule is CCOC(=O)c1c(NC(=O)Cc2ccc(Cl)cc2F)sc2c1CCCC2. The number of hydrogen-bond acceptors (Lipinski definition) is 4. The Balaban J connectivity index is 1.83. The Morgan fingerprint density at radius 3 is 2.81 bits per heavy atom. The van der Waals surface area contributed by atoms with Crippen LogP contribution in [0.2, 0.25) is 5.02 Å². The first-order valence-corrected chi connectivity index (χ1v) is 9.74. The van der Waals surface area contributed by atoms with E-state index in [1.807, 2.05) is 0 Å². The molecular formula is C19H19ClFNO3S. The number of amides is 1. The van der Waals surface area contributed by atoms with Gasteiger partial charge in [-0.25, -0.2) is 9.18 Å². The largest absolute Gasteiger partial charge is 0.462 e. The van der Waals surface area contributed by atoms with E-state index in [-0.39, 0.29) is 29.5 Å². The molecule has 7 heteroatoms. The fourth-order valence-electron chi connectivity index (χ4n) is 3.08. The molecule has 1 N–H and O–H groups in total. The maximum Gasteiger partial charge on any atom is 0.341 e. The van der Waals surface area contributed by atoms with Crippen molar-refractivity contribution in [2.45, 2.75) is 39.0 Å². The van der Waals surface area contributed by atoms with Crippen molar-refractivity contribution < 1.29 is 18.7 Å². The standard InChI is InChI=1S/C19H19ClFNO3S/c1-2-25-19(24)17-13-5-3-4-6-15(13)26-18(17)22-16(23)9-11-7-8-12(20)10-14(11)21/h7-8,10H,2-6,9H2,1H3,(H,22,23). The first-order chi connectivity index (χ1) is 12.5. The molecule has 0 bridgehead atoms. The summed E-state index contributed by atoms with van der Waals surface area (Å²) in [7, 11) is 0. The van der Waals surface area contributed by atoms with Crippen LogP contribution in [0.3, 0.4) is 0 Å². The Morgan fingerprint density at radius 1 is 1.31 bits per heavy atom. The first-order valence-electron chi connectivity index (χ1n) is 8.55. The lowest BCUT2D eigenvalue weighted by atomic mass is 9.95. The smallest absolute Gasteiger partial charge is 0.341 e. The van der Waals surface area contributed by atoms with E-state index in [0.717, 1.165) is 36.1 Å². The van der Waals surface area contributed by atoms with Gasteiger partial charge in [0.25, 0.3) is 0 Å². The number of nitrogens with one attached hydrogen (secondary N) is 1. The van der Waals surface area contributed by atoms with Crippen molar-refractivity contribution in [2.75, 3.05) is 11.9 Å². The molecule has 2 aromatic rings. The molecule has 138 valence electrons. The highest BCUT2D eigenvalue weighted by Crippen LogP contribution is 2.38. The molecule has 0 atom stereocenters. The second-order valence-electron chi connectivity index (χ2n) is 6.10. The molecule has 1 aliphatic rings. The molecule has 26 heavy (non-hydrogen) atoms. The van der Waals surface area contributed by atoms with E-state index in [0.29, 0.717) is 10.6 Å². The summed E-state index contributed by atoms with van der Waals surface area (Å²) in [4.78, 5) is 25.9. The maximum absolute atomic E-state index is 13.9. The van der Waals surface area contributed by atoms with Crippen molar-refractivity contribution in [3.63, 3.8) is 0 Å². The minimum Gasteiger partial charge on any atom is -0.462 e. The third-order valence-electron chi connectivity index (χ3n) is 4.27. The highest BCUT2D eigenvalue weighted by molar-refractivity contribution is 7.17. The number of benzene rings is 1. The number of halogens is 2. The number of hydrogen-bond donors (Lipinski definition) is 1. The highest BCUT2D eigenvalue weighted by Gasteiger charge is 2.27. The van der Waals surface area contributed by atoms with Gasteiger partial charge in [-0.05, 0) is 55.9 Å². The van der Waals surface area contributed by atoms with Gasteiger partial charge < -0.3 is 10.1 Å². The van der Waals surface area contributed by atoms with Crippen LogP contribution in [0.1, 0.15) is 46.1 Å². The molecule has 0 fully saturated rings. The molecule has 0 aliphatic heterocycles. The molecule has 0 saturated heterocycles. The molecule has 3 rings (SSSR count). The van der Waals surface area contributed by atoms with E-state index in [9.17, 15) is 14.0 Å². The van der Waals surface area contributed by atoms with Gasteiger partial charge in [0.1, 0.15) is 10.8 Å². The van der Waals surface area contributed by atoms with Crippen molar-refractivity contribution in [1.29, 1.82) is 0 Å². The number of esters is 1. The van der Waals surface area contributed by atoms with Gasteiger partial charge in [-0.3, -0.25) is 4.79 Å². The number of carbonyl (C=O) groups is 2. The predicted octanol–water partition coefficient (Wildman–Crippen LogP) is 4.78. The summed E-state index contributed by atoms with van der Waals surface area (Å²) in [5.41, 5.74) is 1.69. The predicted molar refractivity (Wildman–Crippen MR) is 101 cm³/mol. The van der Waals surface area contributed by atoms with E-state index in [2.05, 4.69) is 5.32 Å². The number of rotatable bonds is 5. The Labute approximate surface area is 160 Å². The lowest BCUT2D eigenvalue weighted by Crippen LogP contribution is -2.17. The monoisotopic (exact) mass is 395 g/mol. The lowest BCUT2D eigenvalue weighted by molar-refractivity contribution is -0.115. The van der Waals surface area contributed by atoms with Gasteiger partial charge in [-0.15, -0.1) is 11.3 Å². The van der Waals surface area contributed by atoms with Gasteiger partial charge in [0.2, 0.25) is 5.91 Å². The Morgan fingerprint density at radius 2 is 2.08 bits per heavy atom. The molecule has 1 heterocycles. The molecule has 0 radical (unpaired) electrons. The molecule has 1 aromatic heterocycles. The van der Waals surface area contributed by atoms with Gasteiger partial charge >= 0.3 is 5.97 Å². The van der Waals surface area contributed by atoms with Crippen LogP contribution in [-0.2, 0) is 28.8 Å². The van der Waals surface area contributed by atoms with Crippen LogP contribution in [0.15, 0.2) is 18.2 Å². The van der Waals surface area contributed by atoms with Gasteiger partial charge in [0.05, 0.1) is 18.6 Å². The summed E-state index contributed by atoms with van der Waals surface area (Å²) in [5.74, 6) is -1.32. The Bertz CT molecular complexity index is 850. The average molecular weight is 396 g/mol. The maximum atomic E-state index is 13.9. The van der Waals surface area contributed by atoms with Crippen molar-refractivity contribution >= 4 is 39.8 Å². The van der Waals surface area contributed by atoms with Crippen LogP contribution < -0.4 is 5.32 Å². The van der Waals surface area contributed by atoms with Crippen LogP contribution in [0.25, 0.3) is 0 Å². The normalized spacial score (nSPS) is 13.2. The second kappa shape index (κ2) is 8.18. The molecule has 4 nitrogen and oxygen atoms in total. The van der Waals surface area contributed by atoms with Crippen molar-refractivity contribution in [1.82, 2.24) is 0 Å². The van der Waals surface area contributed by atoms with Gasteiger partial charge in [0.15, 0.2) is 0 Å². The number of aryl methyl sites for hydroxylation is 1. The summed E-state index contributed by atoms with van der Waals surface area (Å²) in [6.45, 7) is 2.02. The minimum absolute atomic E-state index is 0.131. The summed E-state index contributed by atoms with van der Waals surface area (Å²) >= 11 is 7.15. The fraction of sp³-hybridized carbons (Fsp3) is 0.368. The molecule has 0 spiro atoms. The average Bonchev–Trinajstić information content (AvgIpc) is 2.95. The zero-order chi connectivity index (χ0) is 18.7. The number of carbonyl (C=O) groups excluding carboxylic acids is 2. The molecule has 1 amide bonds. The third-order valence-corrected chi connectivity index (χ3v) is 5.71. The van der Waals surface area contributed by atoms with Gasteiger partial charge in [-0.2, -0.15) is 0 Å². The number of thiophene rings is 1. The van der Waals surface area contributed by atoms with E-state index < -0.39 is 11.8 Å². The lowest BCUT2D eigenvalue weighted by Gasteiger charge is -2.12. The van der Waals surface area contributed by atoms with E-state index >= 15 is 0 Å². The van der Waals surface area contributed by atoms with Crippen LogP contribution in [0.4, 0.5) is 9.39 Å². The summed E-state index contributed by atoms with van der Waals surface area (Å²) in [6.07, 6.45) is 3.66. The zero-order valence-corrected chi connectivity index (χ0v) is 15.9. The Kier molecular flexibility index (Phi) is 5.94. The van der Waals surface area contributed by atoms with Gasteiger partial charge in [-0.1, -0.05) is 17.7 Å². The molecule has 1 aliphatic carbocycles. The van der Waals surface area contributed by atoms with Crippen LogP contribution in [0.5, 0.6) is 0 Å². The van der Waals surface area contributed by atoms with Crippen LogP contribution >= 0.6 is 22.9 Å². The minimum atomic E-state index is -0.524. The van der Waals surface area contributed by atoms with Crippen molar-refractivity contribution in [3.05, 3.63) is 50.6 Å². The van der Waals surface area contributed by atoms with E-state index in [1.54, 1.807) is 13.0 Å². The quantitative estimate of drug-likeness (QED) is 0.741. The van der Waals surface area contributed by atoms with Crippen molar-refractivity contribution in [3.8, 4) is 0 Å². The number of fused-ring (bicyclic) bond motifs is 1. The van der Waals surface area contributed by atoms with E-state index in [1.165, 1.54) is 23.5 Å². The number of ether oxygens (including phenoxy) is 1. The topological polar surface area (TPSA) is 55.4 Å². The zero-order valence-electron chi connectivity index (χ0n) is 14.4. The van der Waals surface area contributed by atoms with Crippen LogP contribution in [-0.4, -0.2) is 18.5 Å². The second-order valence-corrected chi connectivity index (χ2v) is 7.64. The van der Waals surface area contributed by atoms with E-state index in [4.69, 9.17) is 16.3 Å². The van der Waals surface area contributed by atoms with Gasteiger partial charge in [0, 0.05) is 9.90 Å². The first kappa shape index (κ1) is 18.9. The highest BCUT2D eigenvalue weighted by atomic mass is 35.5. The number of anilines is 1. The third kappa shape index (κ3) is 4.07. The summed E-state index contributed by atoms with van der Waals surface area (Å²) in [6, 6.07) is 4.21. The molecular weight excluding hydrogens is 377 g/mol. The summed E-state index contributed by atoms with van der Waals surface area (Å²) in [5, 5.41) is 3.55. The molecule has 1 aromatic carbocycles. The van der Waals surface area contributed by atoms with Crippen molar-refractivity contribution in [2.24, 2.45) is 0 Å². The fourth-order valence-corrected chi connectivity index (χ4v) is 4.53. The molecule has 0 saturated carbocycles. The molecule has 0 unspecified atom stereocenters. The summed E-state index contributed by atoms with van der Waals surface area (Å²) < 4.78 is 19.1. The van der Waals surface area contributed by atoms with Crippen LogP contribution in [0, 0.1) is 5.82 Å². The Hall–Kier alpha value is -1.92.